The van der Waals surface area contributed by atoms with Crippen LogP contribution in [0.1, 0.15) is 5.56 Å². The number of rotatable bonds is 4. The second-order valence-corrected chi connectivity index (χ2v) is 2.68. The fraction of sp³-hybridized carbons (Fsp3) is 0.333. The second kappa shape index (κ2) is 4.88. The number of methoxy groups -OCH3 is 2. The molecule has 0 saturated heterocycles. The number of hydrogen-bond acceptors (Lipinski definition) is 4. The Labute approximate surface area is 83.4 Å². The lowest BCUT2D eigenvalue weighted by molar-refractivity contribution is 0.274. The molecule has 5 heteroatoms. The molecule has 4 nitrogen and oxygen atoms in total. The Morgan fingerprint density at radius 2 is 2.00 bits per heavy atom. The molecule has 0 spiro atoms. The van der Waals surface area contributed by atoms with E-state index in [9.17, 15) is 0 Å². The van der Waals surface area contributed by atoms with E-state index < -0.39 is 0 Å². The maximum atomic E-state index is 9.07. The van der Waals surface area contributed by atoms with Crippen molar-refractivity contribution >= 4 is 12.9 Å². The van der Waals surface area contributed by atoms with Crippen LogP contribution in [0.5, 0.6) is 11.5 Å². The largest absolute Gasteiger partial charge is 0.497 e. The summed E-state index contributed by atoms with van der Waals surface area (Å²) >= 11 is 0. The van der Waals surface area contributed by atoms with Gasteiger partial charge in [-0.2, -0.15) is 0 Å². The number of hydrogen-bond donors (Lipinski definition) is 2. The Kier molecular flexibility index (Phi) is 3.79. The van der Waals surface area contributed by atoms with E-state index >= 15 is 0 Å². The highest BCUT2D eigenvalue weighted by Crippen LogP contribution is 2.22. The number of aliphatic hydroxyl groups excluding tert-OH is 1. The molecule has 1 rings (SSSR count). The Morgan fingerprint density at radius 1 is 1.29 bits per heavy atom. The van der Waals surface area contributed by atoms with Gasteiger partial charge in [-0.15, -0.1) is 0 Å². The summed E-state index contributed by atoms with van der Waals surface area (Å²) < 4.78 is 10.1. The lowest BCUT2D eigenvalue weighted by Gasteiger charge is -2.12. The first kappa shape index (κ1) is 10.9. The number of ether oxygens (including phenoxy) is 2. The molecule has 1 aromatic rings. The molecule has 14 heavy (non-hydrogen) atoms. The van der Waals surface area contributed by atoms with Crippen LogP contribution in [0.3, 0.4) is 0 Å². The topological polar surface area (TPSA) is 58.9 Å². The first-order valence-corrected chi connectivity index (χ1v) is 4.10. The zero-order chi connectivity index (χ0) is 10.6. The monoisotopic (exact) mass is 195 g/mol. The molecule has 2 N–H and O–H groups in total. The van der Waals surface area contributed by atoms with Gasteiger partial charge < -0.3 is 19.6 Å². The van der Waals surface area contributed by atoms with Crippen LogP contribution >= 0.6 is 0 Å². The molecule has 0 heterocycles. The fourth-order valence-corrected chi connectivity index (χ4v) is 1.22. The molecule has 0 fully saturated rings. The maximum Gasteiger partial charge on any atom is 0.327 e. The zero-order valence-corrected chi connectivity index (χ0v) is 8.15. The van der Waals surface area contributed by atoms with Crippen molar-refractivity contribution in [2.75, 3.05) is 14.2 Å². The molecule has 1 aromatic carbocycles. The van der Waals surface area contributed by atoms with Gasteiger partial charge in [0.05, 0.1) is 20.8 Å². The van der Waals surface area contributed by atoms with Crippen molar-refractivity contribution in [2.24, 2.45) is 0 Å². The van der Waals surface area contributed by atoms with Crippen LogP contribution in [-0.2, 0) is 6.61 Å². The summed E-state index contributed by atoms with van der Waals surface area (Å²) in [5, 5.41) is 18.0. The first-order valence-electron chi connectivity index (χ1n) is 4.10. The number of benzene rings is 1. The van der Waals surface area contributed by atoms with Crippen LogP contribution in [0.15, 0.2) is 12.1 Å². The molecule has 0 amide bonds. The van der Waals surface area contributed by atoms with E-state index in [-0.39, 0.29) is 6.61 Å². The summed E-state index contributed by atoms with van der Waals surface area (Å²) in [5.74, 6) is 1.06. The highest BCUT2D eigenvalue weighted by atomic mass is 16.5. The maximum absolute atomic E-state index is 9.07. The van der Waals surface area contributed by atoms with Crippen molar-refractivity contribution in [2.45, 2.75) is 6.61 Å². The molecule has 0 aliphatic carbocycles. The summed E-state index contributed by atoms with van der Waals surface area (Å²) in [7, 11) is 3.93. The van der Waals surface area contributed by atoms with Crippen molar-refractivity contribution in [1.82, 2.24) is 0 Å². The summed E-state index contributed by atoms with van der Waals surface area (Å²) in [5.41, 5.74) is 1.03. The molecule has 75 valence electrons. The molecular weight excluding hydrogens is 183 g/mol. The van der Waals surface area contributed by atoms with Crippen LogP contribution in [0.25, 0.3) is 0 Å². The van der Waals surface area contributed by atoms with Gasteiger partial charge in [0.2, 0.25) is 0 Å². The minimum atomic E-state index is -0.195. The van der Waals surface area contributed by atoms with E-state index in [2.05, 4.69) is 0 Å². The smallest absolute Gasteiger partial charge is 0.327 e. The summed E-state index contributed by atoms with van der Waals surface area (Å²) in [4.78, 5) is 0. The Morgan fingerprint density at radius 3 is 2.43 bits per heavy atom. The van der Waals surface area contributed by atoms with Crippen molar-refractivity contribution in [1.29, 1.82) is 0 Å². The van der Waals surface area contributed by atoms with Gasteiger partial charge >= 0.3 is 7.48 Å². The molecule has 0 aliphatic heterocycles. The van der Waals surface area contributed by atoms with Crippen LogP contribution in [-0.4, -0.2) is 31.8 Å². The summed E-state index contributed by atoms with van der Waals surface area (Å²) in [6.45, 7) is -0.195. The average Bonchev–Trinajstić information content (AvgIpc) is 2.26. The summed E-state index contributed by atoms with van der Waals surface area (Å²) in [6.07, 6.45) is 0. The van der Waals surface area contributed by atoms with Crippen molar-refractivity contribution in [3.8, 4) is 11.5 Å². The third-order valence-electron chi connectivity index (χ3n) is 1.97. The molecule has 0 bridgehead atoms. The van der Waals surface area contributed by atoms with E-state index in [0.717, 1.165) is 7.48 Å². The zero-order valence-electron chi connectivity index (χ0n) is 8.15. The highest BCUT2D eigenvalue weighted by molar-refractivity contribution is 6.46. The first-order chi connectivity index (χ1) is 6.76. The lowest BCUT2D eigenvalue weighted by Crippen LogP contribution is -2.20. The SMILES string of the molecule is COc1cc([B]O)c(CO)c(OC)c1. The van der Waals surface area contributed by atoms with Gasteiger partial charge in [0.1, 0.15) is 11.5 Å². The third-order valence-corrected chi connectivity index (χ3v) is 1.97. The molecule has 0 saturated carbocycles. The molecule has 1 radical (unpaired) electrons. The predicted octanol–water partition coefficient (Wildman–Crippen LogP) is -0.567. The lowest BCUT2D eigenvalue weighted by atomic mass is 9.84. The average molecular weight is 195 g/mol. The van der Waals surface area contributed by atoms with E-state index in [0.29, 0.717) is 22.5 Å². The highest BCUT2D eigenvalue weighted by Gasteiger charge is 2.11. The normalized spacial score (nSPS) is 9.71. The second-order valence-electron chi connectivity index (χ2n) is 2.68. The molecular formula is C9H12BO4. The van der Waals surface area contributed by atoms with Crippen molar-refractivity contribution in [3.05, 3.63) is 17.7 Å². The third kappa shape index (κ3) is 2.00. The van der Waals surface area contributed by atoms with Crippen LogP contribution in [0.4, 0.5) is 0 Å². The molecule has 0 atom stereocenters. The van der Waals surface area contributed by atoms with Gasteiger partial charge in [0.25, 0.3) is 0 Å². The minimum absolute atomic E-state index is 0.195. The Balaban J connectivity index is 3.24. The van der Waals surface area contributed by atoms with Gasteiger partial charge in [-0.05, 0) is 11.5 Å². The van der Waals surface area contributed by atoms with Crippen molar-refractivity contribution in [3.63, 3.8) is 0 Å². The van der Waals surface area contributed by atoms with E-state index in [1.165, 1.54) is 14.2 Å². The van der Waals surface area contributed by atoms with Gasteiger partial charge in [0.15, 0.2) is 0 Å². The van der Waals surface area contributed by atoms with Crippen molar-refractivity contribution < 1.29 is 19.6 Å². The van der Waals surface area contributed by atoms with Gasteiger partial charge in [-0.25, -0.2) is 0 Å². The Bertz CT molecular complexity index is 289. The fourth-order valence-electron chi connectivity index (χ4n) is 1.22. The predicted molar refractivity (Wildman–Crippen MR) is 53.1 cm³/mol. The standard InChI is InChI=1S/C9H12BO4/c1-13-6-3-8(10-12)7(5-11)9(4-6)14-2/h3-4,11-12H,5H2,1-2H3. The van der Waals surface area contributed by atoms with E-state index in [1.54, 1.807) is 12.1 Å². The minimum Gasteiger partial charge on any atom is -0.497 e. The van der Waals surface area contributed by atoms with Crippen LogP contribution in [0.2, 0.25) is 0 Å². The molecule has 0 unspecified atom stereocenters. The van der Waals surface area contributed by atoms with Gasteiger partial charge in [-0.3, -0.25) is 0 Å². The quantitative estimate of drug-likeness (QED) is 0.631. The van der Waals surface area contributed by atoms with Crippen LogP contribution < -0.4 is 14.9 Å². The van der Waals surface area contributed by atoms with E-state index in [1.807, 2.05) is 0 Å². The summed E-state index contributed by atoms with van der Waals surface area (Å²) in [6, 6.07) is 3.27. The number of aliphatic hydroxyl groups is 1. The van der Waals surface area contributed by atoms with Gasteiger partial charge in [0, 0.05) is 11.6 Å². The molecule has 0 aromatic heterocycles. The van der Waals surface area contributed by atoms with E-state index in [4.69, 9.17) is 19.6 Å². The molecule has 0 aliphatic rings. The Hall–Kier alpha value is -1.20. The van der Waals surface area contributed by atoms with Crippen LogP contribution in [0, 0.1) is 0 Å². The van der Waals surface area contributed by atoms with Gasteiger partial charge in [-0.1, -0.05) is 0 Å².